The number of hydrogen-bond donors (Lipinski definition) is 1. The number of hydrogen-bond acceptors (Lipinski definition) is 1. The molecule has 2 aromatic rings. The first-order valence-electron chi connectivity index (χ1n) is 6.73. The summed E-state index contributed by atoms with van der Waals surface area (Å²) in [5.74, 6) is 0. The van der Waals surface area contributed by atoms with Gasteiger partial charge in [-0.15, -0.1) is 0 Å². The molecule has 0 amide bonds. The summed E-state index contributed by atoms with van der Waals surface area (Å²) in [6, 6.07) is 19.3. The summed E-state index contributed by atoms with van der Waals surface area (Å²) in [5, 5.41) is 0. The fourth-order valence-electron chi connectivity index (χ4n) is 2.92. The standard InChI is InChI=1S/C17H19N/c18-17(12-4-5-13-17)16-10-8-15(9-11-16)14-6-2-1-3-7-14/h1-3,6-11H,4-5,12-13,18H2. The topological polar surface area (TPSA) is 26.0 Å². The predicted molar refractivity (Wildman–Crippen MR) is 76.2 cm³/mol. The Morgan fingerprint density at radius 3 is 1.89 bits per heavy atom. The van der Waals surface area contributed by atoms with E-state index in [9.17, 15) is 0 Å². The van der Waals surface area contributed by atoms with Crippen molar-refractivity contribution in [2.75, 3.05) is 0 Å². The van der Waals surface area contributed by atoms with Crippen molar-refractivity contribution in [2.45, 2.75) is 31.2 Å². The normalized spacial score (nSPS) is 17.8. The number of rotatable bonds is 2. The number of nitrogens with two attached hydrogens (primary N) is 1. The zero-order valence-corrected chi connectivity index (χ0v) is 10.6. The van der Waals surface area contributed by atoms with Crippen molar-refractivity contribution in [3.05, 3.63) is 60.2 Å². The molecule has 0 atom stereocenters. The van der Waals surface area contributed by atoms with Crippen LogP contribution in [0.2, 0.25) is 0 Å². The molecule has 1 fully saturated rings. The molecule has 1 saturated carbocycles. The second-order valence-electron chi connectivity index (χ2n) is 5.31. The van der Waals surface area contributed by atoms with Crippen molar-refractivity contribution < 1.29 is 0 Å². The van der Waals surface area contributed by atoms with Gasteiger partial charge in [0.1, 0.15) is 0 Å². The fourth-order valence-corrected chi connectivity index (χ4v) is 2.92. The zero-order valence-electron chi connectivity index (χ0n) is 10.6. The van der Waals surface area contributed by atoms with E-state index in [0.29, 0.717) is 0 Å². The van der Waals surface area contributed by atoms with Crippen LogP contribution in [-0.2, 0) is 5.54 Å². The van der Waals surface area contributed by atoms with Crippen LogP contribution in [0.1, 0.15) is 31.2 Å². The van der Waals surface area contributed by atoms with Gasteiger partial charge in [-0.05, 0) is 29.5 Å². The molecule has 0 saturated heterocycles. The lowest BCUT2D eigenvalue weighted by molar-refractivity contribution is 0.462. The quantitative estimate of drug-likeness (QED) is 0.836. The van der Waals surface area contributed by atoms with E-state index in [4.69, 9.17) is 5.73 Å². The molecule has 1 nitrogen and oxygen atoms in total. The van der Waals surface area contributed by atoms with Gasteiger partial charge < -0.3 is 5.73 Å². The van der Waals surface area contributed by atoms with Crippen LogP contribution in [-0.4, -0.2) is 0 Å². The highest BCUT2D eigenvalue weighted by molar-refractivity contribution is 5.63. The highest BCUT2D eigenvalue weighted by atomic mass is 14.8. The molecule has 1 heteroatoms. The van der Waals surface area contributed by atoms with Gasteiger partial charge in [-0.2, -0.15) is 0 Å². The molecule has 0 aliphatic heterocycles. The van der Waals surface area contributed by atoms with Crippen LogP contribution >= 0.6 is 0 Å². The predicted octanol–water partition coefficient (Wildman–Crippen LogP) is 4.08. The molecule has 0 bridgehead atoms. The Morgan fingerprint density at radius 2 is 1.28 bits per heavy atom. The van der Waals surface area contributed by atoms with Gasteiger partial charge >= 0.3 is 0 Å². The molecule has 92 valence electrons. The van der Waals surface area contributed by atoms with Gasteiger partial charge in [0.25, 0.3) is 0 Å². The van der Waals surface area contributed by atoms with E-state index in [-0.39, 0.29) is 5.54 Å². The van der Waals surface area contributed by atoms with Gasteiger partial charge in [0.2, 0.25) is 0 Å². The summed E-state index contributed by atoms with van der Waals surface area (Å²) >= 11 is 0. The Balaban J connectivity index is 1.90. The molecule has 0 radical (unpaired) electrons. The minimum absolute atomic E-state index is 0.0742. The van der Waals surface area contributed by atoms with E-state index >= 15 is 0 Å². The van der Waals surface area contributed by atoms with Crippen LogP contribution in [0.15, 0.2) is 54.6 Å². The molecule has 2 aromatic carbocycles. The second kappa shape index (κ2) is 4.58. The van der Waals surface area contributed by atoms with Crippen LogP contribution in [0.4, 0.5) is 0 Å². The van der Waals surface area contributed by atoms with Gasteiger partial charge in [0.05, 0.1) is 0 Å². The van der Waals surface area contributed by atoms with E-state index in [1.807, 2.05) is 6.07 Å². The Kier molecular flexibility index (Phi) is 2.92. The molecule has 0 spiro atoms. The molecule has 0 unspecified atom stereocenters. The molecule has 1 aliphatic carbocycles. The first kappa shape index (κ1) is 11.5. The molecule has 18 heavy (non-hydrogen) atoms. The van der Waals surface area contributed by atoms with Gasteiger partial charge in [-0.3, -0.25) is 0 Å². The van der Waals surface area contributed by atoms with E-state index in [2.05, 4.69) is 48.5 Å². The van der Waals surface area contributed by atoms with Crippen LogP contribution < -0.4 is 5.73 Å². The van der Waals surface area contributed by atoms with Crippen LogP contribution in [0.5, 0.6) is 0 Å². The van der Waals surface area contributed by atoms with Crippen molar-refractivity contribution in [2.24, 2.45) is 5.73 Å². The summed E-state index contributed by atoms with van der Waals surface area (Å²) in [7, 11) is 0. The molecule has 2 N–H and O–H groups in total. The summed E-state index contributed by atoms with van der Waals surface area (Å²) in [5.41, 5.74) is 10.2. The summed E-state index contributed by atoms with van der Waals surface area (Å²) in [6.07, 6.45) is 4.77. The first-order chi connectivity index (χ1) is 8.78. The van der Waals surface area contributed by atoms with Crippen molar-refractivity contribution in [3.63, 3.8) is 0 Å². The van der Waals surface area contributed by atoms with Crippen LogP contribution in [0, 0.1) is 0 Å². The third-order valence-electron chi connectivity index (χ3n) is 4.06. The van der Waals surface area contributed by atoms with Crippen LogP contribution in [0.3, 0.4) is 0 Å². The fraction of sp³-hybridized carbons (Fsp3) is 0.294. The van der Waals surface area contributed by atoms with E-state index in [1.165, 1.54) is 29.5 Å². The van der Waals surface area contributed by atoms with Crippen molar-refractivity contribution in [3.8, 4) is 11.1 Å². The third kappa shape index (κ3) is 2.06. The van der Waals surface area contributed by atoms with Crippen molar-refractivity contribution in [1.82, 2.24) is 0 Å². The molecule has 0 aromatic heterocycles. The number of benzene rings is 2. The Labute approximate surface area is 109 Å². The minimum Gasteiger partial charge on any atom is -0.321 e. The lowest BCUT2D eigenvalue weighted by atomic mass is 9.88. The summed E-state index contributed by atoms with van der Waals surface area (Å²) in [6.45, 7) is 0. The average Bonchev–Trinajstić information content (AvgIpc) is 2.88. The van der Waals surface area contributed by atoms with Crippen molar-refractivity contribution >= 4 is 0 Å². The highest BCUT2D eigenvalue weighted by Crippen LogP contribution is 2.36. The maximum atomic E-state index is 6.47. The zero-order chi connectivity index (χ0) is 12.4. The maximum absolute atomic E-state index is 6.47. The monoisotopic (exact) mass is 237 g/mol. The Bertz CT molecular complexity index is 507. The van der Waals surface area contributed by atoms with Crippen LogP contribution in [0.25, 0.3) is 11.1 Å². The molecule has 3 rings (SSSR count). The lowest BCUT2D eigenvalue weighted by Crippen LogP contribution is -2.32. The van der Waals surface area contributed by atoms with E-state index in [0.717, 1.165) is 12.8 Å². The maximum Gasteiger partial charge on any atom is 0.0409 e. The second-order valence-corrected chi connectivity index (χ2v) is 5.31. The van der Waals surface area contributed by atoms with Crippen molar-refractivity contribution in [1.29, 1.82) is 0 Å². The van der Waals surface area contributed by atoms with Gasteiger partial charge in [0.15, 0.2) is 0 Å². The molecule has 1 aliphatic rings. The third-order valence-corrected chi connectivity index (χ3v) is 4.06. The van der Waals surface area contributed by atoms with Gasteiger partial charge in [-0.25, -0.2) is 0 Å². The van der Waals surface area contributed by atoms with Gasteiger partial charge in [-0.1, -0.05) is 67.4 Å². The first-order valence-corrected chi connectivity index (χ1v) is 6.73. The Morgan fingerprint density at radius 1 is 0.722 bits per heavy atom. The summed E-state index contributed by atoms with van der Waals surface area (Å²) < 4.78 is 0. The summed E-state index contributed by atoms with van der Waals surface area (Å²) in [4.78, 5) is 0. The molecular formula is C17H19N. The minimum atomic E-state index is -0.0742. The highest BCUT2D eigenvalue weighted by Gasteiger charge is 2.30. The smallest absolute Gasteiger partial charge is 0.0409 e. The average molecular weight is 237 g/mol. The Hall–Kier alpha value is -1.60. The molecular weight excluding hydrogens is 218 g/mol. The largest absolute Gasteiger partial charge is 0.321 e. The van der Waals surface area contributed by atoms with Gasteiger partial charge in [0, 0.05) is 5.54 Å². The SMILES string of the molecule is NC1(c2ccc(-c3ccccc3)cc2)CCCC1. The lowest BCUT2D eigenvalue weighted by Gasteiger charge is -2.24. The van der Waals surface area contributed by atoms with E-state index in [1.54, 1.807) is 0 Å². The molecule has 0 heterocycles. The van der Waals surface area contributed by atoms with E-state index < -0.39 is 0 Å².